The Morgan fingerprint density at radius 3 is 2.84 bits per heavy atom. The van der Waals surface area contributed by atoms with Crippen LogP contribution < -0.4 is 4.72 Å². The third-order valence-electron chi connectivity index (χ3n) is 2.28. The second-order valence-electron chi connectivity index (χ2n) is 3.66. The van der Waals surface area contributed by atoms with Crippen molar-refractivity contribution in [1.82, 2.24) is 4.98 Å². The number of rotatable bonds is 5. The maximum Gasteiger partial charge on any atom is 0.271 e. The number of aromatic nitrogens is 1. The summed E-state index contributed by atoms with van der Waals surface area (Å²) in [4.78, 5) is 4.29. The lowest BCUT2D eigenvalue weighted by atomic mass is 10.4. The molecule has 0 saturated heterocycles. The number of aliphatic hydroxyl groups is 1. The highest BCUT2D eigenvalue weighted by Gasteiger charge is 2.18. The average Bonchev–Trinajstić information content (AvgIpc) is 2.82. The van der Waals surface area contributed by atoms with E-state index in [-0.39, 0.29) is 16.5 Å². The molecule has 0 bridgehead atoms. The summed E-state index contributed by atoms with van der Waals surface area (Å²) >= 11 is 1.04. The van der Waals surface area contributed by atoms with Crippen LogP contribution in [0, 0.1) is 5.82 Å². The molecule has 0 aliphatic rings. The molecule has 2 rings (SSSR count). The third kappa shape index (κ3) is 3.28. The minimum absolute atomic E-state index is 0.0492. The fraction of sp³-hybridized carbons (Fsp3) is 0.182. The zero-order valence-corrected chi connectivity index (χ0v) is 11.3. The topological polar surface area (TPSA) is 79.3 Å². The van der Waals surface area contributed by atoms with Gasteiger partial charge in [-0.3, -0.25) is 9.71 Å². The van der Waals surface area contributed by atoms with Crippen LogP contribution in [-0.4, -0.2) is 25.1 Å². The van der Waals surface area contributed by atoms with Crippen LogP contribution in [0.2, 0.25) is 0 Å². The molecule has 0 aliphatic carbocycles. The van der Waals surface area contributed by atoms with E-state index in [1.807, 2.05) is 0 Å². The van der Waals surface area contributed by atoms with E-state index in [1.165, 1.54) is 18.3 Å². The Morgan fingerprint density at radius 2 is 2.16 bits per heavy atom. The number of sulfonamides is 1. The highest BCUT2D eigenvalue weighted by molar-refractivity contribution is 7.94. The second-order valence-corrected chi connectivity index (χ2v) is 6.73. The molecule has 5 nitrogen and oxygen atoms in total. The van der Waals surface area contributed by atoms with E-state index >= 15 is 0 Å². The number of nitrogens with zero attached hydrogens (tertiary/aromatic N) is 1. The van der Waals surface area contributed by atoms with Crippen molar-refractivity contribution in [1.29, 1.82) is 0 Å². The number of anilines is 1. The lowest BCUT2D eigenvalue weighted by Crippen LogP contribution is -2.12. The van der Waals surface area contributed by atoms with Gasteiger partial charge in [-0.1, -0.05) is 0 Å². The normalized spacial score (nSPS) is 11.5. The van der Waals surface area contributed by atoms with Crippen LogP contribution in [0.15, 0.2) is 34.8 Å². The van der Waals surface area contributed by atoms with Crippen LogP contribution in [0.4, 0.5) is 10.1 Å². The molecule has 0 radical (unpaired) electrons. The minimum atomic E-state index is -3.81. The maximum absolute atomic E-state index is 13.3. The predicted molar refractivity (Wildman–Crippen MR) is 70.1 cm³/mol. The predicted octanol–water partition coefficient (Wildman–Crippen LogP) is 1.62. The van der Waals surface area contributed by atoms with E-state index in [2.05, 4.69) is 9.71 Å². The molecule has 0 aliphatic heterocycles. The number of nitrogens with one attached hydrogen (secondary N) is 1. The number of hydrogen-bond donors (Lipinski definition) is 2. The quantitative estimate of drug-likeness (QED) is 0.879. The van der Waals surface area contributed by atoms with Gasteiger partial charge in [-0.05, 0) is 18.2 Å². The summed E-state index contributed by atoms with van der Waals surface area (Å²) in [5, 5.41) is 8.79. The van der Waals surface area contributed by atoms with Gasteiger partial charge >= 0.3 is 0 Å². The first-order valence-corrected chi connectivity index (χ1v) is 7.65. The lowest BCUT2D eigenvalue weighted by Gasteiger charge is -2.06. The molecule has 2 aromatic heterocycles. The molecule has 19 heavy (non-hydrogen) atoms. The summed E-state index contributed by atoms with van der Waals surface area (Å²) in [5.74, 6) is -0.738. The third-order valence-corrected chi connectivity index (χ3v) is 5.28. The highest BCUT2D eigenvalue weighted by atomic mass is 32.2. The molecule has 2 heterocycles. The first-order chi connectivity index (χ1) is 9.03. The van der Waals surface area contributed by atoms with Crippen LogP contribution in [0.3, 0.4) is 0 Å². The standard InChI is InChI=1S/C11H11FN2O3S2/c12-9-7-13-5-3-10(9)14-19(16,17)11-2-1-8(18-11)4-6-15/h1-3,5,7,15H,4,6H2,(H,13,14). The Balaban J connectivity index is 2.25. The Labute approximate surface area is 113 Å². The van der Waals surface area contributed by atoms with E-state index in [0.717, 1.165) is 22.4 Å². The summed E-state index contributed by atoms with van der Waals surface area (Å²) in [7, 11) is -3.81. The Hall–Kier alpha value is -1.51. The van der Waals surface area contributed by atoms with Crippen molar-refractivity contribution in [2.75, 3.05) is 11.3 Å². The summed E-state index contributed by atoms with van der Waals surface area (Å²) in [6.07, 6.45) is 2.62. The second kappa shape index (κ2) is 5.64. The zero-order chi connectivity index (χ0) is 13.9. The summed E-state index contributed by atoms with van der Waals surface area (Å²) in [6.45, 7) is -0.0492. The zero-order valence-electron chi connectivity index (χ0n) is 9.71. The molecule has 102 valence electrons. The van der Waals surface area contributed by atoms with Crippen LogP contribution in [0.25, 0.3) is 0 Å². The van der Waals surface area contributed by atoms with Gasteiger partial charge < -0.3 is 5.11 Å². The Kier molecular flexibility index (Phi) is 4.13. The first kappa shape index (κ1) is 13.9. The molecule has 0 amide bonds. The summed E-state index contributed by atoms with van der Waals surface area (Å²) in [5.41, 5.74) is -0.146. The fourth-order valence-corrected chi connectivity index (χ4v) is 3.81. The molecule has 0 spiro atoms. The molecule has 0 aromatic carbocycles. The molecule has 8 heteroatoms. The van der Waals surface area contributed by atoms with E-state index in [0.29, 0.717) is 6.42 Å². The van der Waals surface area contributed by atoms with Crippen LogP contribution >= 0.6 is 11.3 Å². The largest absolute Gasteiger partial charge is 0.396 e. The van der Waals surface area contributed by atoms with Gasteiger partial charge in [0.15, 0.2) is 5.82 Å². The van der Waals surface area contributed by atoms with Crippen LogP contribution in [0.5, 0.6) is 0 Å². The average molecular weight is 302 g/mol. The smallest absolute Gasteiger partial charge is 0.271 e. The monoisotopic (exact) mass is 302 g/mol. The van der Waals surface area contributed by atoms with Crippen LogP contribution in [0.1, 0.15) is 4.88 Å². The van der Waals surface area contributed by atoms with Gasteiger partial charge in [-0.2, -0.15) is 0 Å². The van der Waals surface area contributed by atoms with Crippen molar-refractivity contribution in [3.8, 4) is 0 Å². The molecule has 0 saturated carbocycles. The molecule has 0 atom stereocenters. The van der Waals surface area contributed by atoms with Gasteiger partial charge in [0.1, 0.15) is 4.21 Å². The van der Waals surface area contributed by atoms with E-state index in [4.69, 9.17) is 5.11 Å². The van der Waals surface area contributed by atoms with Gasteiger partial charge in [0.25, 0.3) is 10.0 Å². The molecule has 0 fully saturated rings. The van der Waals surface area contributed by atoms with Crippen molar-refractivity contribution >= 4 is 27.0 Å². The molecule has 2 N–H and O–H groups in total. The van der Waals surface area contributed by atoms with Crippen LogP contribution in [-0.2, 0) is 16.4 Å². The van der Waals surface area contributed by atoms with E-state index < -0.39 is 15.8 Å². The van der Waals surface area contributed by atoms with Gasteiger partial charge in [-0.15, -0.1) is 11.3 Å². The summed E-state index contributed by atoms with van der Waals surface area (Å²) in [6, 6.07) is 4.30. The maximum atomic E-state index is 13.3. The highest BCUT2D eigenvalue weighted by Crippen LogP contribution is 2.25. The van der Waals surface area contributed by atoms with Crippen molar-refractivity contribution in [3.63, 3.8) is 0 Å². The fourth-order valence-electron chi connectivity index (χ4n) is 1.40. The van der Waals surface area contributed by atoms with E-state index in [1.54, 1.807) is 6.07 Å². The van der Waals surface area contributed by atoms with Gasteiger partial charge in [-0.25, -0.2) is 12.8 Å². The van der Waals surface area contributed by atoms with Gasteiger partial charge in [0.2, 0.25) is 0 Å². The first-order valence-electron chi connectivity index (χ1n) is 5.35. The van der Waals surface area contributed by atoms with E-state index in [9.17, 15) is 12.8 Å². The Bertz CT molecular complexity index is 670. The minimum Gasteiger partial charge on any atom is -0.396 e. The number of aliphatic hydroxyl groups excluding tert-OH is 1. The number of pyridine rings is 1. The molecular weight excluding hydrogens is 291 g/mol. The van der Waals surface area contributed by atoms with Gasteiger partial charge in [0.05, 0.1) is 11.9 Å². The van der Waals surface area contributed by atoms with Crippen molar-refractivity contribution in [2.45, 2.75) is 10.6 Å². The number of thiophene rings is 1. The van der Waals surface area contributed by atoms with Crippen molar-refractivity contribution in [3.05, 3.63) is 41.3 Å². The Morgan fingerprint density at radius 1 is 1.37 bits per heavy atom. The summed E-state index contributed by atoms with van der Waals surface area (Å²) < 4.78 is 39.6. The van der Waals surface area contributed by atoms with Crippen molar-refractivity contribution < 1.29 is 17.9 Å². The molecular formula is C11H11FN2O3S2. The number of hydrogen-bond acceptors (Lipinski definition) is 5. The number of halogens is 1. The van der Waals surface area contributed by atoms with Crippen molar-refractivity contribution in [2.24, 2.45) is 0 Å². The molecule has 2 aromatic rings. The van der Waals surface area contributed by atoms with Gasteiger partial charge in [0, 0.05) is 24.1 Å². The molecule has 0 unspecified atom stereocenters. The lowest BCUT2D eigenvalue weighted by molar-refractivity contribution is 0.300. The SMILES string of the molecule is O=S(=O)(Nc1ccncc1F)c1ccc(CCO)s1.